The van der Waals surface area contributed by atoms with Crippen LogP contribution in [0.4, 0.5) is 0 Å². The van der Waals surface area contributed by atoms with E-state index in [1.165, 1.54) is 0 Å². The Hall–Kier alpha value is -1.74. The van der Waals surface area contributed by atoms with Crippen molar-refractivity contribution in [1.82, 2.24) is 0 Å². The molecule has 8 heteroatoms. The van der Waals surface area contributed by atoms with E-state index in [2.05, 4.69) is 6.92 Å². The van der Waals surface area contributed by atoms with E-state index < -0.39 is 58.1 Å². The summed E-state index contributed by atoms with van der Waals surface area (Å²) in [6.07, 6.45) is 3.43. The molecule has 2 bridgehead atoms. The first kappa shape index (κ1) is 29.2. The van der Waals surface area contributed by atoms with Crippen LogP contribution >= 0.6 is 0 Å². The molecule has 4 aliphatic rings. The number of hydrogen-bond donors (Lipinski definition) is 4. The van der Waals surface area contributed by atoms with E-state index >= 15 is 0 Å². The number of rotatable bonds is 9. The van der Waals surface area contributed by atoms with Crippen LogP contribution in [0.5, 0.6) is 0 Å². The number of aliphatic hydroxyl groups is 4. The molecule has 9 atom stereocenters. The molecule has 1 unspecified atom stereocenters. The summed E-state index contributed by atoms with van der Waals surface area (Å²) in [6.45, 7) is 11.3. The molecule has 0 radical (unpaired) electrons. The Bertz CT molecular complexity index is 1020. The van der Waals surface area contributed by atoms with Gasteiger partial charge in [0.05, 0.1) is 11.5 Å². The molecule has 4 rings (SSSR count). The molecule has 0 saturated heterocycles. The fourth-order valence-corrected chi connectivity index (χ4v) is 8.24. The summed E-state index contributed by atoms with van der Waals surface area (Å²) in [4.78, 5) is 25.2. The lowest BCUT2D eigenvalue weighted by molar-refractivity contribution is -0.217. The Morgan fingerprint density at radius 3 is 2.34 bits per heavy atom. The summed E-state index contributed by atoms with van der Waals surface area (Å²) in [5.74, 6) is -2.06. The van der Waals surface area contributed by atoms with Crippen LogP contribution in [-0.2, 0) is 19.1 Å². The zero-order chi connectivity index (χ0) is 28.3. The maximum absolute atomic E-state index is 13.0. The number of carbonyl (C=O) groups excluding carboxylic acids is 2. The Labute approximate surface area is 226 Å². The number of hydrogen-bond acceptors (Lipinski definition) is 8. The summed E-state index contributed by atoms with van der Waals surface area (Å²) in [7, 11) is 0. The maximum Gasteiger partial charge on any atom is 0.306 e. The normalized spacial score (nSPS) is 42.6. The second-order valence-corrected chi connectivity index (χ2v) is 12.8. The van der Waals surface area contributed by atoms with Gasteiger partial charge in [0.15, 0.2) is 0 Å². The van der Waals surface area contributed by atoms with E-state index in [1.807, 2.05) is 27.7 Å². The van der Waals surface area contributed by atoms with Crippen LogP contribution in [0.2, 0.25) is 0 Å². The van der Waals surface area contributed by atoms with Crippen LogP contribution < -0.4 is 0 Å². The SMILES string of the molecule is CCCCCC(=O)O[C@@]12C[C@@H](C)[C@]34C=C(C)[C@H](O)[C@@]3(O)[C@H](O)C(COC(=O)CCC)=C[C@H](C4O)[C@@H]1C2(C)C. The maximum atomic E-state index is 13.0. The summed E-state index contributed by atoms with van der Waals surface area (Å²) in [5.41, 5.74) is -4.20. The van der Waals surface area contributed by atoms with Crippen molar-refractivity contribution in [2.45, 2.75) is 116 Å². The van der Waals surface area contributed by atoms with Crippen LogP contribution in [0.1, 0.15) is 86.5 Å². The van der Waals surface area contributed by atoms with Gasteiger partial charge in [-0.2, -0.15) is 0 Å². The van der Waals surface area contributed by atoms with E-state index in [0.29, 0.717) is 24.8 Å². The van der Waals surface area contributed by atoms with Crippen molar-refractivity contribution >= 4 is 11.9 Å². The number of esters is 2. The largest absolute Gasteiger partial charge is 0.461 e. The smallest absolute Gasteiger partial charge is 0.306 e. The van der Waals surface area contributed by atoms with Crippen molar-refractivity contribution in [3.8, 4) is 0 Å². The van der Waals surface area contributed by atoms with Gasteiger partial charge < -0.3 is 29.9 Å². The first-order chi connectivity index (χ1) is 17.8. The molecule has 0 aromatic rings. The zero-order valence-corrected chi connectivity index (χ0v) is 23.7. The van der Waals surface area contributed by atoms with Gasteiger partial charge in [0.1, 0.15) is 30.0 Å². The standard InChI is InChI=1S/C30H46O8/c1-7-9-10-12-22(32)38-29-15-18(4)28-14-17(3)24(33)30(28,36)25(34)19(16-37-21(31)11-8-2)13-20(26(28)35)23(29)27(29,5)6/h13-14,18,20,23-26,33-36H,7-12,15-16H2,1-6H3/t18-,20+,23-,24+,25-,26?,28+,29+,30-/m1/s1. The van der Waals surface area contributed by atoms with Gasteiger partial charge >= 0.3 is 11.9 Å². The fourth-order valence-electron chi connectivity index (χ4n) is 8.24. The number of ether oxygens (including phenoxy) is 2. The van der Waals surface area contributed by atoms with Crippen LogP contribution in [0, 0.1) is 28.6 Å². The third-order valence-electron chi connectivity index (χ3n) is 10.3. The zero-order valence-electron chi connectivity index (χ0n) is 23.7. The van der Waals surface area contributed by atoms with Crippen LogP contribution in [0.3, 0.4) is 0 Å². The first-order valence-corrected chi connectivity index (χ1v) is 14.3. The fraction of sp³-hybridized carbons (Fsp3) is 0.800. The molecule has 2 fully saturated rings. The number of fused-ring (bicyclic) bond motifs is 3. The quantitative estimate of drug-likeness (QED) is 0.201. The Balaban J connectivity index is 1.81. The van der Waals surface area contributed by atoms with Crippen molar-refractivity contribution in [3.63, 3.8) is 0 Å². The van der Waals surface area contributed by atoms with E-state index in [9.17, 15) is 30.0 Å². The third-order valence-corrected chi connectivity index (χ3v) is 10.3. The Kier molecular flexibility index (Phi) is 7.71. The van der Waals surface area contributed by atoms with Crippen LogP contribution in [0.15, 0.2) is 23.3 Å². The highest BCUT2D eigenvalue weighted by molar-refractivity contribution is 5.71. The van der Waals surface area contributed by atoms with Crippen molar-refractivity contribution < 1.29 is 39.5 Å². The molecular formula is C30H46O8. The molecule has 0 aromatic heterocycles. The Morgan fingerprint density at radius 2 is 1.71 bits per heavy atom. The summed E-state index contributed by atoms with van der Waals surface area (Å²) >= 11 is 0. The lowest BCUT2D eigenvalue weighted by atomic mass is 9.58. The highest BCUT2D eigenvalue weighted by atomic mass is 16.6. The highest BCUT2D eigenvalue weighted by Gasteiger charge is 2.82. The van der Waals surface area contributed by atoms with Gasteiger partial charge in [-0.05, 0) is 43.3 Å². The molecule has 0 heterocycles. The molecule has 2 saturated carbocycles. The molecule has 0 amide bonds. The molecule has 8 nitrogen and oxygen atoms in total. The van der Waals surface area contributed by atoms with Gasteiger partial charge in [0.2, 0.25) is 0 Å². The summed E-state index contributed by atoms with van der Waals surface area (Å²) in [6, 6.07) is 0. The van der Waals surface area contributed by atoms with Crippen molar-refractivity contribution in [2.75, 3.05) is 6.61 Å². The molecule has 38 heavy (non-hydrogen) atoms. The summed E-state index contributed by atoms with van der Waals surface area (Å²) in [5, 5.41) is 47.3. The number of carbonyl (C=O) groups is 2. The first-order valence-electron chi connectivity index (χ1n) is 14.3. The molecule has 4 N–H and O–H groups in total. The molecule has 214 valence electrons. The second-order valence-electron chi connectivity index (χ2n) is 12.8. The minimum Gasteiger partial charge on any atom is -0.461 e. The second kappa shape index (κ2) is 10.0. The van der Waals surface area contributed by atoms with E-state index in [4.69, 9.17) is 9.47 Å². The van der Waals surface area contributed by atoms with Gasteiger partial charge in [0.25, 0.3) is 0 Å². The average Bonchev–Trinajstić information content (AvgIpc) is 3.26. The lowest BCUT2D eigenvalue weighted by Crippen LogP contribution is -2.66. The van der Waals surface area contributed by atoms with Crippen molar-refractivity contribution in [3.05, 3.63) is 23.3 Å². The third kappa shape index (κ3) is 3.93. The van der Waals surface area contributed by atoms with E-state index in [1.54, 1.807) is 19.1 Å². The molecule has 4 aliphatic carbocycles. The van der Waals surface area contributed by atoms with Gasteiger partial charge in [-0.3, -0.25) is 9.59 Å². The van der Waals surface area contributed by atoms with E-state index in [-0.39, 0.29) is 30.5 Å². The van der Waals surface area contributed by atoms with Gasteiger partial charge in [-0.1, -0.05) is 59.6 Å². The molecule has 0 aliphatic heterocycles. The lowest BCUT2D eigenvalue weighted by Gasteiger charge is -2.51. The Morgan fingerprint density at radius 1 is 1.03 bits per heavy atom. The minimum atomic E-state index is -2.15. The average molecular weight is 535 g/mol. The van der Waals surface area contributed by atoms with Gasteiger partial charge in [-0.25, -0.2) is 0 Å². The van der Waals surface area contributed by atoms with Crippen LogP contribution in [0.25, 0.3) is 0 Å². The minimum absolute atomic E-state index is 0.219. The van der Waals surface area contributed by atoms with Crippen molar-refractivity contribution in [1.29, 1.82) is 0 Å². The van der Waals surface area contributed by atoms with E-state index in [0.717, 1.165) is 19.3 Å². The van der Waals surface area contributed by atoms with Crippen molar-refractivity contribution in [2.24, 2.45) is 28.6 Å². The number of unbranched alkanes of at least 4 members (excludes halogenated alkanes) is 2. The molecular weight excluding hydrogens is 488 g/mol. The van der Waals surface area contributed by atoms with Crippen LogP contribution in [-0.4, -0.2) is 68.5 Å². The number of aliphatic hydroxyl groups excluding tert-OH is 3. The molecule has 1 spiro atoms. The summed E-state index contributed by atoms with van der Waals surface area (Å²) < 4.78 is 11.7. The highest BCUT2D eigenvalue weighted by Crippen LogP contribution is 2.76. The topological polar surface area (TPSA) is 134 Å². The molecule has 0 aromatic carbocycles. The predicted octanol–water partition coefficient (Wildman–Crippen LogP) is 3.20. The predicted molar refractivity (Wildman–Crippen MR) is 141 cm³/mol. The van der Waals surface area contributed by atoms with Gasteiger partial charge in [0, 0.05) is 30.1 Å². The monoisotopic (exact) mass is 534 g/mol. The van der Waals surface area contributed by atoms with Gasteiger partial charge in [-0.15, -0.1) is 0 Å².